The van der Waals surface area contributed by atoms with E-state index in [2.05, 4.69) is 67.7 Å². The van der Waals surface area contributed by atoms with Crippen molar-refractivity contribution < 1.29 is 9.84 Å². The number of aliphatic hydroxyl groups is 1. The second-order valence-electron chi connectivity index (χ2n) is 5.55. The summed E-state index contributed by atoms with van der Waals surface area (Å²) in [5, 5.41) is 9.11. The summed E-state index contributed by atoms with van der Waals surface area (Å²) >= 11 is 0. The molecule has 0 rings (SSSR count). The second kappa shape index (κ2) is 19.7. The molecule has 24 heavy (non-hydrogen) atoms. The SMILES string of the molecule is CCC=CCC=CCC=CCC=CCC=CCCC(CO)OCC. The van der Waals surface area contributed by atoms with Crippen LogP contribution >= 0.6 is 0 Å². The number of hydrogen-bond acceptors (Lipinski definition) is 2. The van der Waals surface area contributed by atoms with Crippen LogP contribution in [0.2, 0.25) is 0 Å². The third-order valence-electron chi connectivity index (χ3n) is 3.42. The fourth-order valence-corrected chi connectivity index (χ4v) is 2.11. The molecule has 0 saturated carbocycles. The maximum absolute atomic E-state index is 9.11. The molecule has 0 aromatic rings. The van der Waals surface area contributed by atoms with Gasteiger partial charge in [0, 0.05) is 6.61 Å². The van der Waals surface area contributed by atoms with Gasteiger partial charge in [0.05, 0.1) is 12.7 Å². The zero-order chi connectivity index (χ0) is 17.7. The fraction of sp³-hybridized carbons (Fsp3) is 0.545. The van der Waals surface area contributed by atoms with Crippen LogP contribution in [0.5, 0.6) is 0 Å². The molecule has 0 aliphatic carbocycles. The minimum Gasteiger partial charge on any atom is -0.394 e. The van der Waals surface area contributed by atoms with Crippen molar-refractivity contribution in [3.8, 4) is 0 Å². The lowest BCUT2D eigenvalue weighted by Crippen LogP contribution is -2.16. The van der Waals surface area contributed by atoms with E-state index in [1.807, 2.05) is 6.92 Å². The van der Waals surface area contributed by atoms with Crippen molar-refractivity contribution >= 4 is 0 Å². The van der Waals surface area contributed by atoms with E-state index < -0.39 is 0 Å². The predicted octanol–water partition coefficient (Wildman–Crippen LogP) is 5.92. The summed E-state index contributed by atoms with van der Waals surface area (Å²) in [5.41, 5.74) is 0. The number of aliphatic hydroxyl groups excluding tert-OH is 1. The Labute approximate surface area is 149 Å². The fourth-order valence-electron chi connectivity index (χ4n) is 2.11. The summed E-state index contributed by atoms with van der Waals surface area (Å²) in [4.78, 5) is 0. The summed E-state index contributed by atoms with van der Waals surface area (Å²) in [7, 11) is 0. The molecule has 0 amide bonds. The Morgan fingerprint density at radius 3 is 1.58 bits per heavy atom. The Morgan fingerprint density at radius 1 is 0.708 bits per heavy atom. The molecule has 0 radical (unpaired) electrons. The van der Waals surface area contributed by atoms with Gasteiger partial charge in [0.25, 0.3) is 0 Å². The molecule has 1 N–H and O–H groups in total. The monoisotopic (exact) mass is 332 g/mol. The maximum atomic E-state index is 9.11. The van der Waals surface area contributed by atoms with Gasteiger partial charge in [-0.15, -0.1) is 0 Å². The van der Waals surface area contributed by atoms with Crippen molar-refractivity contribution in [3.05, 3.63) is 60.8 Å². The summed E-state index contributed by atoms with van der Waals surface area (Å²) in [6.07, 6.45) is 28.9. The smallest absolute Gasteiger partial charge is 0.0808 e. The number of allylic oxidation sites excluding steroid dienone is 10. The Kier molecular flexibility index (Phi) is 18.5. The summed E-state index contributed by atoms with van der Waals surface area (Å²) in [6.45, 7) is 4.88. The third-order valence-corrected chi connectivity index (χ3v) is 3.42. The van der Waals surface area contributed by atoms with E-state index >= 15 is 0 Å². The van der Waals surface area contributed by atoms with E-state index in [4.69, 9.17) is 9.84 Å². The van der Waals surface area contributed by atoms with Gasteiger partial charge in [-0.1, -0.05) is 67.7 Å². The molecule has 1 atom stereocenters. The number of ether oxygens (including phenoxy) is 1. The molecule has 0 aromatic carbocycles. The Hall–Kier alpha value is -1.38. The zero-order valence-corrected chi connectivity index (χ0v) is 15.6. The van der Waals surface area contributed by atoms with Crippen LogP contribution in [-0.2, 0) is 4.74 Å². The van der Waals surface area contributed by atoms with Crippen molar-refractivity contribution in [1.29, 1.82) is 0 Å². The van der Waals surface area contributed by atoms with Gasteiger partial charge in [-0.3, -0.25) is 0 Å². The van der Waals surface area contributed by atoms with E-state index in [0.29, 0.717) is 6.61 Å². The zero-order valence-electron chi connectivity index (χ0n) is 15.6. The van der Waals surface area contributed by atoms with E-state index in [1.54, 1.807) is 0 Å². The van der Waals surface area contributed by atoms with E-state index in [9.17, 15) is 0 Å². The molecule has 136 valence electrons. The molecule has 0 bridgehead atoms. The highest BCUT2D eigenvalue weighted by Crippen LogP contribution is 2.03. The molecule has 0 heterocycles. The van der Waals surface area contributed by atoms with Crippen molar-refractivity contribution in [2.75, 3.05) is 13.2 Å². The average molecular weight is 333 g/mol. The summed E-state index contributed by atoms with van der Waals surface area (Å²) in [6, 6.07) is 0. The molecule has 2 heteroatoms. The maximum Gasteiger partial charge on any atom is 0.0808 e. The molecule has 1 unspecified atom stereocenters. The van der Waals surface area contributed by atoms with Gasteiger partial charge in [0.1, 0.15) is 0 Å². The normalized spacial score (nSPS) is 14.3. The van der Waals surface area contributed by atoms with Gasteiger partial charge in [-0.2, -0.15) is 0 Å². The van der Waals surface area contributed by atoms with Crippen LogP contribution in [0.3, 0.4) is 0 Å². The Balaban J connectivity index is 3.56. The third kappa shape index (κ3) is 17.0. The van der Waals surface area contributed by atoms with Crippen molar-refractivity contribution in [2.45, 2.75) is 64.9 Å². The van der Waals surface area contributed by atoms with Crippen LogP contribution in [-0.4, -0.2) is 24.4 Å². The Morgan fingerprint density at radius 2 is 1.17 bits per heavy atom. The first kappa shape index (κ1) is 22.6. The van der Waals surface area contributed by atoms with Gasteiger partial charge in [-0.05, 0) is 51.9 Å². The van der Waals surface area contributed by atoms with Crippen molar-refractivity contribution in [2.24, 2.45) is 0 Å². The minimum atomic E-state index is -0.0166. The van der Waals surface area contributed by atoms with Crippen LogP contribution < -0.4 is 0 Å². The first-order valence-electron chi connectivity index (χ1n) is 9.32. The predicted molar refractivity (Wildman–Crippen MR) is 106 cm³/mol. The topological polar surface area (TPSA) is 29.5 Å². The molecular weight excluding hydrogens is 296 g/mol. The average Bonchev–Trinajstić information content (AvgIpc) is 2.60. The van der Waals surface area contributed by atoms with Crippen molar-refractivity contribution in [1.82, 2.24) is 0 Å². The Bertz CT molecular complexity index is 389. The van der Waals surface area contributed by atoms with E-state index in [0.717, 1.165) is 44.9 Å². The minimum absolute atomic E-state index is 0.0166. The molecule has 0 fully saturated rings. The lowest BCUT2D eigenvalue weighted by Gasteiger charge is -2.12. The molecule has 0 aliphatic heterocycles. The molecule has 0 aliphatic rings. The van der Waals surface area contributed by atoms with E-state index in [1.165, 1.54) is 0 Å². The van der Waals surface area contributed by atoms with Crippen LogP contribution in [0, 0.1) is 0 Å². The lowest BCUT2D eigenvalue weighted by molar-refractivity contribution is 0.0157. The van der Waals surface area contributed by atoms with Gasteiger partial charge >= 0.3 is 0 Å². The van der Waals surface area contributed by atoms with E-state index in [-0.39, 0.29) is 12.7 Å². The highest BCUT2D eigenvalue weighted by atomic mass is 16.5. The number of hydrogen-bond donors (Lipinski definition) is 1. The largest absolute Gasteiger partial charge is 0.394 e. The van der Waals surface area contributed by atoms with Crippen LogP contribution in [0.1, 0.15) is 58.8 Å². The van der Waals surface area contributed by atoms with Crippen molar-refractivity contribution in [3.63, 3.8) is 0 Å². The first-order valence-corrected chi connectivity index (χ1v) is 9.32. The molecule has 2 nitrogen and oxygen atoms in total. The quantitative estimate of drug-likeness (QED) is 0.377. The van der Waals surface area contributed by atoms with Gasteiger partial charge < -0.3 is 9.84 Å². The lowest BCUT2D eigenvalue weighted by atomic mass is 10.2. The highest BCUT2D eigenvalue weighted by molar-refractivity contribution is 5.00. The van der Waals surface area contributed by atoms with Crippen LogP contribution in [0.25, 0.3) is 0 Å². The molecule has 0 saturated heterocycles. The molecular formula is C22H36O2. The van der Waals surface area contributed by atoms with Crippen LogP contribution in [0.15, 0.2) is 60.8 Å². The number of rotatable bonds is 15. The van der Waals surface area contributed by atoms with Gasteiger partial charge in [0.15, 0.2) is 0 Å². The summed E-state index contributed by atoms with van der Waals surface area (Å²) in [5.74, 6) is 0. The first-order chi connectivity index (χ1) is 11.8. The molecule has 0 spiro atoms. The standard InChI is InChI=1S/C22H36O2/c1-3-5-6-7-8-9-10-11-12-13-14-15-16-17-18-19-20-22(21-23)24-4-2/h5-6,8-9,11-12,14-15,17-18,22-23H,3-4,7,10,13,16,19-21H2,1-2H3. The van der Waals surface area contributed by atoms with Gasteiger partial charge in [0.2, 0.25) is 0 Å². The van der Waals surface area contributed by atoms with Gasteiger partial charge in [-0.25, -0.2) is 0 Å². The second-order valence-corrected chi connectivity index (χ2v) is 5.55. The van der Waals surface area contributed by atoms with Crippen LogP contribution in [0.4, 0.5) is 0 Å². The summed E-state index contributed by atoms with van der Waals surface area (Å²) < 4.78 is 5.40. The molecule has 0 aromatic heterocycles. The highest BCUT2D eigenvalue weighted by Gasteiger charge is 2.03.